The molecule has 1 aliphatic heterocycles. The zero-order valence-electron chi connectivity index (χ0n) is 17.7. The van der Waals surface area contributed by atoms with Crippen molar-refractivity contribution in [1.29, 1.82) is 0 Å². The van der Waals surface area contributed by atoms with E-state index in [0.717, 1.165) is 12.8 Å². The highest BCUT2D eigenvalue weighted by molar-refractivity contribution is 5.73. The normalized spacial score (nSPS) is 22.4. The third-order valence-corrected chi connectivity index (χ3v) is 5.41. The van der Waals surface area contributed by atoms with E-state index in [-0.39, 0.29) is 12.2 Å². The number of unbranched alkanes of at least 4 members (excludes halogenated alkanes) is 6. The second kappa shape index (κ2) is 11.7. The van der Waals surface area contributed by atoms with Crippen LogP contribution in [0.5, 0.6) is 0 Å². The number of carboxylic acid groups (broad SMARTS) is 1. The predicted molar refractivity (Wildman–Crippen MR) is 111 cm³/mol. The van der Waals surface area contributed by atoms with E-state index in [1.807, 2.05) is 12.2 Å². The van der Waals surface area contributed by atoms with Crippen LogP contribution in [0.4, 0.5) is 0 Å². The minimum Gasteiger partial charge on any atom is -0.481 e. The maximum Gasteiger partial charge on any atom is 0.309 e. The molecule has 0 aliphatic carbocycles. The number of carbonyl (C=O) groups is 1. The number of hydrogen-bond acceptors (Lipinski definition) is 3. The molecule has 1 fully saturated rings. The lowest BCUT2D eigenvalue weighted by molar-refractivity contribution is -0.147. The Bertz CT molecular complexity index is 491. The lowest BCUT2D eigenvalue weighted by Gasteiger charge is -2.19. The van der Waals surface area contributed by atoms with Crippen LogP contribution in [0.3, 0.4) is 0 Å². The maximum atomic E-state index is 11.2. The molecule has 0 aromatic carbocycles. The summed E-state index contributed by atoms with van der Waals surface area (Å²) in [5.74, 6) is -0.792. The van der Waals surface area contributed by atoms with Crippen molar-refractivity contribution in [2.45, 2.75) is 110 Å². The summed E-state index contributed by atoms with van der Waals surface area (Å²) in [5, 5.41) is 19.7. The quantitative estimate of drug-likeness (QED) is 0.219. The molecule has 0 aromatic heterocycles. The summed E-state index contributed by atoms with van der Waals surface area (Å²) >= 11 is 0. The van der Waals surface area contributed by atoms with Crippen molar-refractivity contribution in [1.82, 2.24) is 0 Å². The molecule has 0 saturated carbocycles. The average molecular weight is 381 g/mol. The smallest absolute Gasteiger partial charge is 0.309 e. The zero-order chi connectivity index (χ0) is 20.3. The van der Waals surface area contributed by atoms with Crippen LogP contribution in [0.2, 0.25) is 0 Å². The first kappa shape index (κ1) is 23.9. The lowest BCUT2D eigenvalue weighted by Crippen LogP contribution is -2.30. The molecule has 1 heterocycles. The third-order valence-electron chi connectivity index (χ3n) is 5.41. The summed E-state index contributed by atoms with van der Waals surface area (Å²) in [7, 11) is 0. The maximum absolute atomic E-state index is 11.2. The Kier molecular flexibility index (Phi) is 10.3. The molecule has 3 unspecified atom stereocenters. The highest BCUT2D eigenvalue weighted by Gasteiger charge is 2.50. The van der Waals surface area contributed by atoms with Gasteiger partial charge in [0.2, 0.25) is 0 Å². The highest BCUT2D eigenvalue weighted by atomic mass is 16.6. The first-order valence-corrected chi connectivity index (χ1v) is 10.6. The second-order valence-electron chi connectivity index (χ2n) is 8.71. The molecule has 1 aliphatic rings. The number of aliphatic hydroxyl groups is 1. The lowest BCUT2D eigenvalue weighted by atomic mass is 9.86. The van der Waals surface area contributed by atoms with Crippen molar-refractivity contribution in [3.63, 3.8) is 0 Å². The molecule has 0 spiro atoms. The fourth-order valence-corrected chi connectivity index (χ4v) is 3.22. The summed E-state index contributed by atoms with van der Waals surface area (Å²) in [6.07, 6.45) is 19.0. The first-order valence-electron chi connectivity index (χ1n) is 10.6. The van der Waals surface area contributed by atoms with Gasteiger partial charge in [0.05, 0.1) is 11.5 Å². The van der Waals surface area contributed by atoms with Gasteiger partial charge in [-0.3, -0.25) is 4.79 Å². The molecular formula is C23H40O4. The topological polar surface area (TPSA) is 70.1 Å². The van der Waals surface area contributed by atoms with E-state index in [4.69, 9.17) is 9.84 Å². The SMILES string of the molecule is CCCCCCCC/C=C\C/C=C\C(C)(O)C1OC1CCC(C)(C)C(=O)O. The van der Waals surface area contributed by atoms with Crippen molar-refractivity contribution >= 4 is 5.97 Å². The van der Waals surface area contributed by atoms with Gasteiger partial charge in [-0.05, 0) is 52.9 Å². The van der Waals surface area contributed by atoms with Crippen LogP contribution in [0.15, 0.2) is 24.3 Å². The molecule has 156 valence electrons. The molecular weight excluding hydrogens is 340 g/mol. The number of carboxylic acids is 1. The standard InChI is InChI=1S/C23H40O4/c1-5-6-7-8-9-10-11-12-13-14-15-17-23(4,26)20-19(27-20)16-18-22(2,3)21(24)25/h12-13,15,17,19-20,26H,5-11,14,16,18H2,1-4H3,(H,24,25)/b13-12-,17-15-. The summed E-state index contributed by atoms with van der Waals surface area (Å²) in [5.41, 5.74) is -1.75. The van der Waals surface area contributed by atoms with Crippen molar-refractivity contribution < 1.29 is 19.7 Å². The molecule has 3 atom stereocenters. The van der Waals surface area contributed by atoms with Crippen molar-refractivity contribution in [2.75, 3.05) is 0 Å². The fourth-order valence-electron chi connectivity index (χ4n) is 3.22. The average Bonchev–Trinajstić information content (AvgIpc) is 3.38. The van der Waals surface area contributed by atoms with E-state index in [1.165, 1.54) is 38.5 Å². The number of hydrogen-bond donors (Lipinski definition) is 2. The Labute approximate surface area is 165 Å². The van der Waals surface area contributed by atoms with Crippen LogP contribution in [0.25, 0.3) is 0 Å². The van der Waals surface area contributed by atoms with Crippen LogP contribution in [0, 0.1) is 5.41 Å². The minimum atomic E-state index is -0.995. The summed E-state index contributed by atoms with van der Waals surface area (Å²) < 4.78 is 5.60. The van der Waals surface area contributed by atoms with Crippen LogP contribution in [-0.4, -0.2) is 34.0 Å². The Morgan fingerprint density at radius 1 is 1.04 bits per heavy atom. The van der Waals surface area contributed by atoms with Crippen LogP contribution in [0.1, 0.15) is 91.9 Å². The number of ether oxygens (including phenoxy) is 1. The molecule has 0 aromatic rings. The van der Waals surface area contributed by atoms with Gasteiger partial charge >= 0.3 is 5.97 Å². The van der Waals surface area contributed by atoms with Crippen LogP contribution >= 0.6 is 0 Å². The van der Waals surface area contributed by atoms with Crippen molar-refractivity contribution in [2.24, 2.45) is 5.41 Å². The fraction of sp³-hybridized carbons (Fsp3) is 0.783. The van der Waals surface area contributed by atoms with Gasteiger partial charge in [-0.1, -0.05) is 63.3 Å². The van der Waals surface area contributed by atoms with Gasteiger partial charge in [0.25, 0.3) is 0 Å². The Hall–Kier alpha value is -1.13. The van der Waals surface area contributed by atoms with E-state index in [9.17, 15) is 9.90 Å². The number of aliphatic carboxylic acids is 1. The van der Waals surface area contributed by atoms with E-state index in [2.05, 4.69) is 19.1 Å². The summed E-state index contributed by atoms with van der Waals surface area (Å²) in [4.78, 5) is 11.2. The molecule has 4 nitrogen and oxygen atoms in total. The molecule has 1 rings (SSSR count). The highest BCUT2D eigenvalue weighted by Crippen LogP contribution is 2.38. The Morgan fingerprint density at radius 2 is 1.70 bits per heavy atom. The van der Waals surface area contributed by atoms with Gasteiger partial charge in [0, 0.05) is 0 Å². The Morgan fingerprint density at radius 3 is 2.37 bits per heavy atom. The van der Waals surface area contributed by atoms with Crippen LogP contribution < -0.4 is 0 Å². The van der Waals surface area contributed by atoms with E-state index < -0.39 is 17.0 Å². The molecule has 27 heavy (non-hydrogen) atoms. The molecule has 4 heteroatoms. The van der Waals surface area contributed by atoms with Gasteiger partial charge in [-0.2, -0.15) is 0 Å². The molecule has 0 radical (unpaired) electrons. The predicted octanol–water partition coefficient (Wildman–Crippen LogP) is 5.65. The summed E-state index contributed by atoms with van der Waals surface area (Å²) in [6.45, 7) is 7.45. The molecule has 0 bridgehead atoms. The van der Waals surface area contributed by atoms with E-state index in [1.54, 1.807) is 20.8 Å². The number of rotatable bonds is 15. The Balaban J connectivity index is 2.18. The van der Waals surface area contributed by atoms with Gasteiger partial charge in [0.1, 0.15) is 11.7 Å². The van der Waals surface area contributed by atoms with Gasteiger partial charge in [-0.25, -0.2) is 0 Å². The number of epoxide rings is 1. The largest absolute Gasteiger partial charge is 0.481 e. The zero-order valence-corrected chi connectivity index (χ0v) is 17.7. The van der Waals surface area contributed by atoms with Gasteiger partial charge in [0.15, 0.2) is 0 Å². The monoisotopic (exact) mass is 380 g/mol. The van der Waals surface area contributed by atoms with E-state index in [0.29, 0.717) is 12.8 Å². The van der Waals surface area contributed by atoms with Gasteiger partial charge < -0.3 is 14.9 Å². The third kappa shape index (κ3) is 9.57. The minimum absolute atomic E-state index is 0.0495. The number of allylic oxidation sites excluding steroid dienone is 3. The summed E-state index contributed by atoms with van der Waals surface area (Å²) in [6, 6.07) is 0. The second-order valence-corrected chi connectivity index (χ2v) is 8.71. The molecule has 1 saturated heterocycles. The van der Waals surface area contributed by atoms with Gasteiger partial charge in [-0.15, -0.1) is 0 Å². The van der Waals surface area contributed by atoms with E-state index >= 15 is 0 Å². The first-order chi connectivity index (χ1) is 12.7. The molecule has 2 N–H and O–H groups in total. The van der Waals surface area contributed by atoms with Crippen molar-refractivity contribution in [3.05, 3.63) is 24.3 Å². The van der Waals surface area contributed by atoms with Crippen molar-refractivity contribution in [3.8, 4) is 0 Å². The van der Waals surface area contributed by atoms with Crippen LogP contribution in [-0.2, 0) is 9.53 Å². The molecule has 0 amide bonds.